The zero-order chi connectivity index (χ0) is 15.2. The van der Waals surface area contributed by atoms with Gasteiger partial charge in [0, 0.05) is 23.8 Å². The first-order chi connectivity index (χ1) is 10.1. The third-order valence-corrected chi connectivity index (χ3v) is 3.91. The van der Waals surface area contributed by atoms with Crippen LogP contribution in [0.3, 0.4) is 0 Å². The van der Waals surface area contributed by atoms with Crippen molar-refractivity contribution in [1.29, 1.82) is 0 Å². The number of hydrogen-bond donors (Lipinski definition) is 1. The Labute approximate surface area is 139 Å². The Morgan fingerprint density at radius 3 is 2.57 bits per heavy atom. The van der Waals surface area contributed by atoms with Crippen molar-refractivity contribution in [2.24, 2.45) is 0 Å². The molecule has 21 heavy (non-hydrogen) atoms. The molecule has 0 unspecified atom stereocenters. The van der Waals surface area contributed by atoms with Crippen molar-refractivity contribution in [2.45, 2.75) is 6.54 Å². The van der Waals surface area contributed by atoms with Crippen molar-refractivity contribution in [3.8, 4) is 5.75 Å². The van der Waals surface area contributed by atoms with Gasteiger partial charge in [-0.25, -0.2) is 0 Å². The summed E-state index contributed by atoms with van der Waals surface area (Å²) in [6, 6.07) is 15.9. The van der Waals surface area contributed by atoms with E-state index < -0.39 is 0 Å². The monoisotopic (exact) mass is 364 g/mol. The van der Waals surface area contributed by atoms with E-state index in [1.54, 1.807) is 7.11 Å². The van der Waals surface area contributed by atoms with Gasteiger partial charge in [-0.05, 0) is 48.1 Å². The van der Waals surface area contributed by atoms with E-state index in [0.717, 1.165) is 22.5 Å². The van der Waals surface area contributed by atoms with E-state index >= 15 is 0 Å². The summed E-state index contributed by atoms with van der Waals surface area (Å²) in [5.41, 5.74) is 2.15. The molecule has 0 heterocycles. The highest BCUT2D eigenvalue weighted by molar-refractivity contribution is 9.10. The first kappa shape index (κ1) is 15.8. The van der Waals surface area contributed by atoms with Crippen molar-refractivity contribution in [3.63, 3.8) is 0 Å². The van der Waals surface area contributed by atoms with Gasteiger partial charge in [-0.1, -0.05) is 34.1 Å². The van der Waals surface area contributed by atoms with E-state index in [1.165, 1.54) is 5.56 Å². The zero-order valence-corrected chi connectivity index (χ0v) is 14.4. The average molecular weight is 365 g/mol. The van der Waals surface area contributed by atoms with Gasteiger partial charge in [0.2, 0.25) is 0 Å². The van der Waals surface area contributed by atoms with Crippen LogP contribution in [0.4, 0.5) is 5.69 Å². The fourth-order valence-electron chi connectivity index (χ4n) is 1.86. The molecule has 3 nitrogen and oxygen atoms in total. The van der Waals surface area contributed by atoms with Crippen LogP contribution in [0.25, 0.3) is 0 Å². The van der Waals surface area contributed by atoms with Crippen LogP contribution < -0.4 is 10.1 Å². The van der Waals surface area contributed by atoms with Crippen LogP contribution in [-0.4, -0.2) is 24.2 Å². The molecule has 0 saturated heterocycles. The number of rotatable bonds is 4. The largest absolute Gasteiger partial charge is 0.497 e. The van der Waals surface area contributed by atoms with Crippen LogP contribution >= 0.6 is 28.1 Å². The number of nitrogens with one attached hydrogen (secondary N) is 1. The fourth-order valence-corrected chi connectivity index (χ4v) is 2.44. The van der Waals surface area contributed by atoms with Crippen molar-refractivity contribution < 1.29 is 4.74 Å². The highest BCUT2D eigenvalue weighted by Gasteiger charge is 2.06. The van der Waals surface area contributed by atoms with Crippen LogP contribution in [0.15, 0.2) is 53.0 Å². The molecule has 0 fully saturated rings. The second-order valence-electron chi connectivity index (χ2n) is 4.64. The van der Waals surface area contributed by atoms with Gasteiger partial charge in [-0.15, -0.1) is 0 Å². The number of halogens is 1. The molecule has 0 radical (unpaired) electrons. The highest BCUT2D eigenvalue weighted by Crippen LogP contribution is 2.17. The summed E-state index contributed by atoms with van der Waals surface area (Å²) in [5, 5.41) is 3.91. The predicted octanol–water partition coefficient (Wildman–Crippen LogP) is 4.29. The van der Waals surface area contributed by atoms with Crippen LogP contribution in [0.2, 0.25) is 0 Å². The molecule has 0 aliphatic rings. The van der Waals surface area contributed by atoms with E-state index in [0.29, 0.717) is 5.11 Å². The summed E-state index contributed by atoms with van der Waals surface area (Å²) >= 11 is 8.87. The summed E-state index contributed by atoms with van der Waals surface area (Å²) in [6.45, 7) is 0.740. The molecule has 0 aliphatic carbocycles. The lowest BCUT2D eigenvalue weighted by Gasteiger charge is -2.21. The molecule has 0 spiro atoms. The Morgan fingerprint density at radius 1 is 1.24 bits per heavy atom. The number of benzene rings is 2. The summed E-state index contributed by atoms with van der Waals surface area (Å²) < 4.78 is 6.18. The minimum absolute atomic E-state index is 0.684. The topological polar surface area (TPSA) is 24.5 Å². The lowest BCUT2D eigenvalue weighted by Crippen LogP contribution is -2.30. The van der Waals surface area contributed by atoms with Crippen LogP contribution in [0.1, 0.15) is 5.56 Å². The zero-order valence-electron chi connectivity index (χ0n) is 12.0. The number of nitrogens with zero attached hydrogens (tertiary/aromatic N) is 1. The summed E-state index contributed by atoms with van der Waals surface area (Å²) in [6.07, 6.45) is 0. The maximum atomic E-state index is 5.42. The van der Waals surface area contributed by atoms with E-state index in [9.17, 15) is 0 Å². The second kappa shape index (κ2) is 7.43. The van der Waals surface area contributed by atoms with Crippen LogP contribution in [-0.2, 0) is 6.54 Å². The highest BCUT2D eigenvalue weighted by atomic mass is 79.9. The molecule has 1 N–H and O–H groups in total. The third kappa shape index (κ3) is 4.72. The van der Waals surface area contributed by atoms with Gasteiger partial charge in [-0.3, -0.25) is 0 Å². The molecule has 0 saturated carbocycles. The van der Waals surface area contributed by atoms with Gasteiger partial charge in [0.15, 0.2) is 5.11 Å². The number of hydrogen-bond acceptors (Lipinski definition) is 2. The number of ether oxygens (including phenoxy) is 1. The van der Waals surface area contributed by atoms with E-state index in [-0.39, 0.29) is 0 Å². The molecule has 0 bridgehead atoms. The van der Waals surface area contributed by atoms with Gasteiger partial charge in [0.05, 0.1) is 7.11 Å². The lowest BCUT2D eigenvalue weighted by molar-refractivity contribution is 0.414. The van der Waals surface area contributed by atoms with Crippen molar-refractivity contribution in [3.05, 3.63) is 58.6 Å². The molecule has 2 aromatic carbocycles. The standard InChI is InChI=1S/C16H17BrN2OS/c1-19(11-12-6-8-15(20-2)9-7-12)16(21)18-14-5-3-4-13(17)10-14/h3-10H,11H2,1-2H3,(H,18,21). The van der Waals surface area contributed by atoms with Gasteiger partial charge in [0.25, 0.3) is 0 Å². The summed E-state index contributed by atoms with van der Waals surface area (Å²) in [4.78, 5) is 2.00. The Morgan fingerprint density at radius 2 is 1.95 bits per heavy atom. The Kier molecular flexibility index (Phi) is 5.59. The normalized spacial score (nSPS) is 10.0. The van der Waals surface area contributed by atoms with Gasteiger partial charge in [-0.2, -0.15) is 0 Å². The molecule has 0 atom stereocenters. The summed E-state index contributed by atoms with van der Waals surface area (Å²) in [5.74, 6) is 0.858. The number of methoxy groups -OCH3 is 1. The first-order valence-corrected chi connectivity index (χ1v) is 7.69. The second-order valence-corrected chi connectivity index (χ2v) is 5.95. The van der Waals surface area contributed by atoms with Gasteiger partial charge < -0.3 is 15.0 Å². The molecule has 0 aliphatic heterocycles. The fraction of sp³-hybridized carbons (Fsp3) is 0.188. The molecule has 0 aromatic heterocycles. The maximum Gasteiger partial charge on any atom is 0.173 e. The molecule has 2 aromatic rings. The average Bonchev–Trinajstić information content (AvgIpc) is 2.48. The van der Waals surface area contributed by atoms with E-state index in [4.69, 9.17) is 17.0 Å². The van der Waals surface area contributed by atoms with E-state index in [1.807, 2.05) is 60.5 Å². The Bertz CT molecular complexity index is 616. The maximum absolute atomic E-state index is 5.42. The lowest BCUT2D eigenvalue weighted by atomic mass is 10.2. The quantitative estimate of drug-likeness (QED) is 0.818. The minimum Gasteiger partial charge on any atom is -0.497 e. The molecule has 2 rings (SSSR count). The van der Waals surface area contributed by atoms with Gasteiger partial charge >= 0.3 is 0 Å². The summed E-state index contributed by atoms with van der Waals surface area (Å²) in [7, 11) is 3.63. The molecule has 5 heteroatoms. The number of thiocarbonyl (C=S) groups is 1. The van der Waals surface area contributed by atoms with Gasteiger partial charge in [0.1, 0.15) is 5.75 Å². The molecular weight excluding hydrogens is 348 g/mol. The molecular formula is C16H17BrN2OS. The third-order valence-electron chi connectivity index (χ3n) is 3.00. The van der Waals surface area contributed by atoms with E-state index in [2.05, 4.69) is 21.2 Å². The SMILES string of the molecule is COc1ccc(CN(C)C(=S)Nc2cccc(Br)c2)cc1. The minimum atomic E-state index is 0.684. The predicted molar refractivity (Wildman–Crippen MR) is 94.8 cm³/mol. The molecule has 0 amide bonds. The first-order valence-electron chi connectivity index (χ1n) is 6.49. The van der Waals surface area contributed by atoms with Crippen molar-refractivity contribution in [1.82, 2.24) is 4.90 Å². The Balaban J connectivity index is 1.95. The van der Waals surface area contributed by atoms with Crippen molar-refractivity contribution >= 4 is 38.9 Å². The van der Waals surface area contributed by atoms with Crippen LogP contribution in [0.5, 0.6) is 5.75 Å². The smallest absolute Gasteiger partial charge is 0.173 e. The van der Waals surface area contributed by atoms with Crippen molar-refractivity contribution in [2.75, 3.05) is 19.5 Å². The Hall–Kier alpha value is -1.59. The van der Waals surface area contributed by atoms with Crippen LogP contribution in [0, 0.1) is 0 Å². The number of anilines is 1. The molecule has 110 valence electrons.